The highest BCUT2D eigenvalue weighted by molar-refractivity contribution is 5.99. The minimum Gasteiger partial charge on any atom is -0.467 e. The lowest BCUT2D eigenvalue weighted by molar-refractivity contribution is -0.158. The smallest absolute Gasteiger partial charge is 0.331 e. The summed E-state index contributed by atoms with van der Waals surface area (Å²) in [6.07, 6.45) is 0.976. The maximum atomic E-state index is 12.6. The zero-order valence-electron chi connectivity index (χ0n) is 11.3. The quantitative estimate of drug-likeness (QED) is 0.830. The van der Waals surface area contributed by atoms with Crippen molar-refractivity contribution >= 4 is 11.9 Å². The molecule has 2 heterocycles. The standard InChI is InChI=1S/C15H17NO4/c1-20-13(19)15-7-14(8-15,10-17)9-16(15)12(18)11-5-3-2-4-6-11/h2-6,17H,7-10H2,1H3. The van der Waals surface area contributed by atoms with E-state index < -0.39 is 5.54 Å². The Morgan fingerprint density at radius 2 is 1.95 bits per heavy atom. The van der Waals surface area contributed by atoms with Crippen LogP contribution in [0, 0.1) is 5.41 Å². The van der Waals surface area contributed by atoms with E-state index in [9.17, 15) is 14.7 Å². The first kappa shape index (κ1) is 13.1. The molecule has 1 aromatic carbocycles. The van der Waals surface area contributed by atoms with Crippen molar-refractivity contribution < 1.29 is 19.4 Å². The lowest BCUT2D eigenvalue weighted by Crippen LogP contribution is -2.57. The normalized spacial score (nSPS) is 30.8. The van der Waals surface area contributed by atoms with Crippen LogP contribution in [0.15, 0.2) is 30.3 Å². The second-order valence-electron chi connectivity index (χ2n) is 5.79. The second kappa shape index (κ2) is 4.31. The van der Waals surface area contributed by atoms with E-state index in [1.165, 1.54) is 7.11 Å². The average Bonchev–Trinajstić information content (AvgIpc) is 2.98. The van der Waals surface area contributed by atoms with E-state index in [0.29, 0.717) is 24.9 Å². The van der Waals surface area contributed by atoms with Gasteiger partial charge in [-0.1, -0.05) is 18.2 Å². The van der Waals surface area contributed by atoms with E-state index in [1.807, 2.05) is 6.07 Å². The number of hydrogen-bond donors (Lipinski definition) is 1. The summed E-state index contributed by atoms with van der Waals surface area (Å²) in [6.45, 7) is 0.399. The number of aliphatic hydroxyl groups is 1. The highest BCUT2D eigenvalue weighted by atomic mass is 16.5. The molecule has 3 aliphatic rings. The van der Waals surface area contributed by atoms with Crippen LogP contribution >= 0.6 is 0 Å². The van der Waals surface area contributed by atoms with Gasteiger partial charge in [-0.05, 0) is 25.0 Å². The van der Waals surface area contributed by atoms with Gasteiger partial charge in [0.2, 0.25) is 0 Å². The van der Waals surface area contributed by atoms with Gasteiger partial charge in [-0.15, -0.1) is 0 Å². The van der Waals surface area contributed by atoms with E-state index in [4.69, 9.17) is 4.74 Å². The maximum Gasteiger partial charge on any atom is 0.331 e. The molecule has 0 atom stereocenters. The zero-order chi connectivity index (χ0) is 14.4. The molecule has 0 aromatic heterocycles. The number of aliphatic hydroxyl groups excluding tert-OH is 1. The third-order valence-corrected chi connectivity index (χ3v) is 4.51. The van der Waals surface area contributed by atoms with Crippen LogP contribution in [0.5, 0.6) is 0 Å². The first-order chi connectivity index (χ1) is 9.57. The van der Waals surface area contributed by atoms with Gasteiger partial charge in [0, 0.05) is 17.5 Å². The van der Waals surface area contributed by atoms with E-state index in [0.717, 1.165) is 0 Å². The Balaban J connectivity index is 1.93. The molecule has 0 unspecified atom stereocenters. The Hall–Kier alpha value is -1.88. The molecular weight excluding hydrogens is 258 g/mol. The molecule has 3 fully saturated rings. The summed E-state index contributed by atoms with van der Waals surface area (Å²) in [7, 11) is 1.33. The topological polar surface area (TPSA) is 66.8 Å². The monoisotopic (exact) mass is 275 g/mol. The summed E-state index contributed by atoms with van der Waals surface area (Å²) in [5.74, 6) is -0.563. The van der Waals surface area contributed by atoms with Crippen LogP contribution in [0.2, 0.25) is 0 Å². The van der Waals surface area contributed by atoms with Gasteiger partial charge in [0.1, 0.15) is 5.54 Å². The fourth-order valence-electron chi connectivity index (χ4n) is 3.59. The Kier molecular flexibility index (Phi) is 2.83. The first-order valence-corrected chi connectivity index (χ1v) is 6.63. The lowest BCUT2D eigenvalue weighted by Gasteiger charge is -2.44. The van der Waals surface area contributed by atoms with Gasteiger partial charge in [-0.25, -0.2) is 4.79 Å². The average molecular weight is 275 g/mol. The molecule has 2 saturated heterocycles. The fraction of sp³-hybridized carbons (Fsp3) is 0.467. The molecular formula is C15H17NO4. The van der Waals surface area contributed by atoms with Gasteiger partial charge in [0.15, 0.2) is 0 Å². The van der Waals surface area contributed by atoms with Gasteiger partial charge in [0.25, 0.3) is 5.91 Å². The molecule has 106 valence electrons. The number of esters is 1. The summed E-state index contributed by atoms with van der Waals surface area (Å²) in [5.41, 5.74) is -0.667. The molecule has 20 heavy (non-hydrogen) atoms. The Morgan fingerprint density at radius 1 is 1.30 bits per heavy atom. The van der Waals surface area contributed by atoms with Crippen LogP contribution in [0.4, 0.5) is 0 Å². The van der Waals surface area contributed by atoms with Gasteiger partial charge in [0.05, 0.1) is 13.7 Å². The number of fused-ring (bicyclic) bond motifs is 1. The van der Waals surface area contributed by atoms with Crippen molar-refractivity contribution in [3.63, 3.8) is 0 Å². The third kappa shape index (κ3) is 1.59. The summed E-state index contributed by atoms with van der Waals surface area (Å²) in [6, 6.07) is 8.88. The van der Waals surface area contributed by atoms with Crippen molar-refractivity contribution in [3.8, 4) is 0 Å². The van der Waals surface area contributed by atoms with E-state index in [1.54, 1.807) is 29.2 Å². The number of hydrogen-bond acceptors (Lipinski definition) is 4. The molecule has 1 N–H and O–H groups in total. The van der Waals surface area contributed by atoms with Crippen LogP contribution < -0.4 is 0 Å². The largest absolute Gasteiger partial charge is 0.467 e. The minimum absolute atomic E-state index is 0.00961. The molecule has 1 aromatic rings. The number of rotatable bonds is 3. The third-order valence-electron chi connectivity index (χ3n) is 4.51. The van der Waals surface area contributed by atoms with Crippen molar-refractivity contribution in [2.75, 3.05) is 20.3 Å². The molecule has 1 aliphatic carbocycles. The highest BCUT2D eigenvalue weighted by Gasteiger charge is 2.70. The van der Waals surface area contributed by atoms with Crippen LogP contribution in [0.1, 0.15) is 23.2 Å². The van der Waals surface area contributed by atoms with Crippen LogP contribution in [-0.2, 0) is 9.53 Å². The molecule has 0 spiro atoms. The summed E-state index contributed by atoms with van der Waals surface area (Å²) < 4.78 is 4.87. The van der Waals surface area contributed by atoms with Crippen molar-refractivity contribution in [1.82, 2.24) is 4.90 Å². The fourth-order valence-corrected chi connectivity index (χ4v) is 3.59. The highest BCUT2D eigenvalue weighted by Crippen LogP contribution is 2.59. The Morgan fingerprint density at radius 3 is 2.50 bits per heavy atom. The van der Waals surface area contributed by atoms with Crippen LogP contribution in [0.3, 0.4) is 0 Å². The van der Waals surface area contributed by atoms with Crippen LogP contribution in [0.25, 0.3) is 0 Å². The summed E-state index contributed by atoms with van der Waals surface area (Å²) >= 11 is 0. The molecule has 5 nitrogen and oxygen atoms in total. The lowest BCUT2D eigenvalue weighted by atomic mass is 9.62. The minimum atomic E-state index is -0.885. The predicted molar refractivity (Wildman–Crippen MR) is 71.0 cm³/mol. The number of carbonyl (C=O) groups is 2. The molecule has 5 heteroatoms. The number of ether oxygens (including phenoxy) is 1. The molecule has 2 bridgehead atoms. The SMILES string of the molecule is COC(=O)C12CC(CO)(CN1C(=O)c1ccccc1)C2. The summed E-state index contributed by atoms with van der Waals surface area (Å²) in [5, 5.41) is 9.51. The summed E-state index contributed by atoms with van der Waals surface area (Å²) in [4.78, 5) is 26.3. The Labute approximate surface area is 117 Å². The second-order valence-corrected chi connectivity index (χ2v) is 5.79. The zero-order valence-corrected chi connectivity index (χ0v) is 11.3. The predicted octanol–water partition coefficient (Wildman–Crippen LogP) is 0.827. The number of carbonyl (C=O) groups excluding carboxylic acids is 2. The maximum absolute atomic E-state index is 12.6. The number of nitrogens with zero attached hydrogens (tertiary/aromatic N) is 1. The molecule has 1 amide bonds. The first-order valence-electron chi connectivity index (χ1n) is 6.63. The van der Waals surface area contributed by atoms with E-state index in [2.05, 4.69) is 0 Å². The van der Waals surface area contributed by atoms with Crippen molar-refractivity contribution in [1.29, 1.82) is 0 Å². The van der Waals surface area contributed by atoms with Gasteiger partial charge < -0.3 is 14.7 Å². The van der Waals surface area contributed by atoms with E-state index in [-0.39, 0.29) is 23.9 Å². The molecule has 1 saturated carbocycles. The molecule has 4 rings (SSSR count). The molecule has 0 radical (unpaired) electrons. The van der Waals surface area contributed by atoms with Gasteiger partial charge in [-0.2, -0.15) is 0 Å². The number of amides is 1. The Bertz CT molecular complexity index is 548. The van der Waals surface area contributed by atoms with Gasteiger partial charge >= 0.3 is 5.97 Å². The van der Waals surface area contributed by atoms with E-state index >= 15 is 0 Å². The number of methoxy groups -OCH3 is 1. The van der Waals surface area contributed by atoms with Crippen molar-refractivity contribution in [2.24, 2.45) is 5.41 Å². The van der Waals surface area contributed by atoms with Crippen LogP contribution in [-0.4, -0.2) is 47.7 Å². The molecule has 2 aliphatic heterocycles. The van der Waals surface area contributed by atoms with Gasteiger partial charge in [-0.3, -0.25) is 4.79 Å². The number of benzene rings is 1. The van der Waals surface area contributed by atoms with Crippen molar-refractivity contribution in [3.05, 3.63) is 35.9 Å². The van der Waals surface area contributed by atoms with Crippen molar-refractivity contribution in [2.45, 2.75) is 18.4 Å².